The third kappa shape index (κ3) is 3.57. The lowest BCUT2D eigenvalue weighted by atomic mass is 10.0. The van der Waals surface area contributed by atoms with Gasteiger partial charge in [0.05, 0.1) is 6.07 Å². The first kappa shape index (κ1) is 12.1. The molecule has 1 aliphatic heterocycles. The van der Waals surface area contributed by atoms with Crippen molar-refractivity contribution in [3.8, 4) is 6.07 Å². The molecular weight excluding hydrogens is 208 g/mol. The van der Waals surface area contributed by atoms with Crippen LogP contribution >= 0.6 is 0 Å². The van der Waals surface area contributed by atoms with Crippen LogP contribution in [0.3, 0.4) is 0 Å². The predicted molar refractivity (Wildman–Crippen MR) is 69.8 cm³/mol. The van der Waals surface area contributed by atoms with Crippen molar-refractivity contribution >= 4 is 0 Å². The Kier molecular flexibility index (Phi) is 4.58. The van der Waals surface area contributed by atoms with Gasteiger partial charge in [-0.2, -0.15) is 5.26 Å². The Labute approximate surface area is 104 Å². The van der Waals surface area contributed by atoms with Crippen LogP contribution in [0.1, 0.15) is 30.4 Å². The van der Waals surface area contributed by atoms with Gasteiger partial charge in [0.25, 0.3) is 0 Å². The van der Waals surface area contributed by atoms with Crippen molar-refractivity contribution in [3.63, 3.8) is 0 Å². The first-order valence-corrected chi connectivity index (χ1v) is 6.56. The quantitative estimate of drug-likeness (QED) is 0.741. The molecule has 0 saturated carbocycles. The van der Waals surface area contributed by atoms with Gasteiger partial charge in [0, 0.05) is 19.5 Å². The second-order valence-corrected chi connectivity index (χ2v) is 4.73. The summed E-state index contributed by atoms with van der Waals surface area (Å²) in [7, 11) is 0. The molecule has 0 amide bonds. The van der Waals surface area contributed by atoms with Gasteiger partial charge in [-0.1, -0.05) is 24.3 Å². The molecule has 0 radical (unpaired) electrons. The molecule has 2 rings (SSSR count). The van der Waals surface area contributed by atoms with E-state index < -0.39 is 0 Å². The summed E-state index contributed by atoms with van der Waals surface area (Å²) in [6, 6.07) is 11.0. The molecule has 1 aromatic rings. The van der Waals surface area contributed by atoms with E-state index in [0.717, 1.165) is 19.4 Å². The summed E-state index contributed by atoms with van der Waals surface area (Å²) in [5, 5.41) is 8.50. The highest BCUT2D eigenvalue weighted by atomic mass is 15.1. The van der Waals surface area contributed by atoms with Crippen molar-refractivity contribution in [2.24, 2.45) is 0 Å². The van der Waals surface area contributed by atoms with E-state index >= 15 is 0 Å². The maximum atomic E-state index is 8.50. The second-order valence-electron chi connectivity index (χ2n) is 4.73. The van der Waals surface area contributed by atoms with Crippen LogP contribution in [0.2, 0.25) is 0 Å². The zero-order chi connectivity index (χ0) is 11.9. The second kappa shape index (κ2) is 6.42. The Morgan fingerprint density at radius 1 is 1.06 bits per heavy atom. The van der Waals surface area contributed by atoms with E-state index in [-0.39, 0.29) is 0 Å². The standard InChI is InChI=1S/C15H20N2/c16-10-4-1-5-11-17-12-8-14-6-2-3-7-15(14)9-13-17/h2-3,6-7H,1,4-5,8-9,11-13H2. The summed E-state index contributed by atoms with van der Waals surface area (Å²) in [5.41, 5.74) is 3.04. The summed E-state index contributed by atoms with van der Waals surface area (Å²) < 4.78 is 0. The van der Waals surface area contributed by atoms with Crippen LogP contribution in [0.4, 0.5) is 0 Å². The fraction of sp³-hybridized carbons (Fsp3) is 0.533. The van der Waals surface area contributed by atoms with Crippen LogP contribution in [0.25, 0.3) is 0 Å². The van der Waals surface area contributed by atoms with Crippen LogP contribution in [-0.2, 0) is 12.8 Å². The van der Waals surface area contributed by atoms with Crippen molar-refractivity contribution in [1.29, 1.82) is 5.26 Å². The molecule has 0 unspecified atom stereocenters. The number of benzene rings is 1. The van der Waals surface area contributed by atoms with E-state index in [1.807, 2.05) is 0 Å². The molecule has 0 fully saturated rings. The molecule has 0 aromatic heterocycles. The number of nitriles is 1. The lowest BCUT2D eigenvalue weighted by Gasteiger charge is -2.19. The molecular formula is C15H20N2. The van der Waals surface area contributed by atoms with Crippen molar-refractivity contribution < 1.29 is 0 Å². The molecule has 90 valence electrons. The van der Waals surface area contributed by atoms with Gasteiger partial charge in [0.15, 0.2) is 0 Å². The van der Waals surface area contributed by atoms with Gasteiger partial charge in [-0.25, -0.2) is 0 Å². The van der Waals surface area contributed by atoms with Crippen molar-refractivity contribution in [2.45, 2.75) is 32.1 Å². The van der Waals surface area contributed by atoms with Gasteiger partial charge in [-0.15, -0.1) is 0 Å². The normalized spacial score (nSPS) is 15.9. The Morgan fingerprint density at radius 3 is 2.29 bits per heavy atom. The van der Waals surface area contributed by atoms with Crippen molar-refractivity contribution in [1.82, 2.24) is 4.90 Å². The predicted octanol–water partition coefficient (Wildman–Crippen LogP) is 2.78. The molecule has 0 bridgehead atoms. The summed E-state index contributed by atoms with van der Waals surface area (Å²) in [5.74, 6) is 0. The highest BCUT2D eigenvalue weighted by molar-refractivity contribution is 5.28. The lowest BCUT2D eigenvalue weighted by molar-refractivity contribution is 0.281. The topological polar surface area (TPSA) is 27.0 Å². The fourth-order valence-electron chi connectivity index (χ4n) is 2.48. The van der Waals surface area contributed by atoms with Gasteiger partial charge in [-0.3, -0.25) is 0 Å². The lowest BCUT2D eigenvalue weighted by Crippen LogP contribution is -2.27. The van der Waals surface area contributed by atoms with E-state index in [4.69, 9.17) is 5.26 Å². The highest BCUT2D eigenvalue weighted by Crippen LogP contribution is 2.15. The number of nitrogens with zero attached hydrogens (tertiary/aromatic N) is 2. The maximum Gasteiger partial charge on any atom is 0.0621 e. The minimum absolute atomic E-state index is 0.702. The van der Waals surface area contributed by atoms with Crippen LogP contribution in [-0.4, -0.2) is 24.5 Å². The van der Waals surface area contributed by atoms with Crippen LogP contribution < -0.4 is 0 Å². The Morgan fingerprint density at radius 2 is 1.71 bits per heavy atom. The zero-order valence-corrected chi connectivity index (χ0v) is 10.4. The minimum atomic E-state index is 0.702. The van der Waals surface area contributed by atoms with E-state index in [9.17, 15) is 0 Å². The van der Waals surface area contributed by atoms with Crippen LogP contribution in [0.5, 0.6) is 0 Å². The Hall–Kier alpha value is -1.33. The van der Waals surface area contributed by atoms with Gasteiger partial charge in [0.2, 0.25) is 0 Å². The molecule has 2 heteroatoms. The first-order valence-electron chi connectivity index (χ1n) is 6.56. The van der Waals surface area contributed by atoms with Gasteiger partial charge >= 0.3 is 0 Å². The largest absolute Gasteiger partial charge is 0.303 e. The fourth-order valence-corrected chi connectivity index (χ4v) is 2.48. The van der Waals surface area contributed by atoms with E-state index in [0.29, 0.717) is 6.42 Å². The number of fused-ring (bicyclic) bond motifs is 1. The van der Waals surface area contributed by atoms with Crippen molar-refractivity contribution in [2.75, 3.05) is 19.6 Å². The molecule has 2 nitrogen and oxygen atoms in total. The molecule has 0 spiro atoms. The van der Waals surface area contributed by atoms with E-state index in [2.05, 4.69) is 35.2 Å². The number of unbranched alkanes of at least 4 members (excludes halogenated alkanes) is 2. The van der Waals surface area contributed by atoms with Gasteiger partial charge < -0.3 is 4.90 Å². The van der Waals surface area contributed by atoms with Crippen molar-refractivity contribution in [3.05, 3.63) is 35.4 Å². The molecule has 17 heavy (non-hydrogen) atoms. The maximum absolute atomic E-state index is 8.50. The van der Waals surface area contributed by atoms with Crippen LogP contribution in [0, 0.1) is 11.3 Å². The Bertz CT molecular complexity index is 365. The number of hydrogen-bond donors (Lipinski definition) is 0. The van der Waals surface area contributed by atoms with E-state index in [1.54, 1.807) is 0 Å². The average Bonchev–Trinajstić information content (AvgIpc) is 2.58. The van der Waals surface area contributed by atoms with Gasteiger partial charge in [0.1, 0.15) is 0 Å². The number of rotatable bonds is 4. The average molecular weight is 228 g/mol. The molecule has 0 N–H and O–H groups in total. The smallest absolute Gasteiger partial charge is 0.0621 e. The van der Waals surface area contributed by atoms with Gasteiger partial charge in [-0.05, 0) is 43.4 Å². The molecule has 1 heterocycles. The van der Waals surface area contributed by atoms with Crippen LogP contribution in [0.15, 0.2) is 24.3 Å². The number of hydrogen-bond acceptors (Lipinski definition) is 2. The molecule has 0 saturated heterocycles. The third-order valence-corrected chi connectivity index (χ3v) is 3.53. The molecule has 1 aliphatic rings. The summed E-state index contributed by atoms with van der Waals surface area (Å²) in [6.45, 7) is 3.49. The Balaban J connectivity index is 1.81. The minimum Gasteiger partial charge on any atom is -0.303 e. The zero-order valence-electron chi connectivity index (χ0n) is 10.4. The summed E-state index contributed by atoms with van der Waals surface area (Å²) in [4.78, 5) is 2.54. The van der Waals surface area contributed by atoms with E-state index in [1.165, 1.54) is 37.1 Å². The molecule has 1 aromatic carbocycles. The highest BCUT2D eigenvalue weighted by Gasteiger charge is 2.12. The first-order chi connectivity index (χ1) is 8.40. The summed E-state index contributed by atoms with van der Waals surface area (Å²) in [6.07, 6.45) is 5.25. The summed E-state index contributed by atoms with van der Waals surface area (Å²) >= 11 is 0. The third-order valence-electron chi connectivity index (χ3n) is 3.53. The monoisotopic (exact) mass is 228 g/mol. The molecule has 0 aliphatic carbocycles. The molecule has 0 atom stereocenters. The SMILES string of the molecule is N#CCCCCN1CCc2ccccc2CC1.